The lowest BCUT2D eigenvalue weighted by atomic mass is 10.3. The molecule has 0 fully saturated rings. The number of hydrogen-bond acceptors (Lipinski definition) is 3. The summed E-state index contributed by atoms with van der Waals surface area (Å²) in [5, 5.41) is 8.66. The Balaban J connectivity index is 2.49. The van der Waals surface area contributed by atoms with Gasteiger partial charge in [0.15, 0.2) is 0 Å². The van der Waals surface area contributed by atoms with E-state index in [1.807, 2.05) is 19.1 Å². The second-order valence-corrected chi connectivity index (χ2v) is 3.01. The number of rotatable bonds is 4. The summed E-state index contributed by atoms with van der Waals surface area (Å²) in [5.41, 5.74) is 6.24. The van der Waals surface area contributed by atoms with Gasteiger partial charge in [0.25, 0.3) is 0 Å². The molecule has 0 heterocycles. The first-order valence-electron chi connectivity index (χ1n) is 4.35. The highest BCUT2D eigenvalue weighted by molar-refractivity contribution is 5.41. The van der Waals surface area contributed by atoms with Gasteiger partial charge in [0.05, 0.1) is 6.10 Å². The molecule has 0 saturated carbocycles. The predicted octanol–water partition coefficient (Wildman–Crippen LogP) is 1.42. The van der Waals surface area contributed by atoms with Gasteiger partial charge in [-0.3, -0.25) is 0 Å². The third-order valence-corrected chi connectivity index (χ3v) is 1.75. The predicted molar refractivity (Wildman–Crippen MR) is 52.6 cm³/mol. The Morgan fingerprint density at radius 3 is 2.54 bits per heavy atom. The maximum Gasteiger partial charge on any atom is 0.119 e. The molecular weight excluding hydrogens is 166 g/mol. The van der Waals surface area contributed by atoms with E-state index in [0.717, 1.165) is 11.4 Å². The molecule has 1 aromatic carbocycles. The molecule has 1 atom stereocenters. The molecule has 0 bridgehead atoms. The molecule has 1 unspecified atom stereocenters. The number of nitrogen functional groups attached to an aromatic ring is 1. The monoisotopic (exact) mass is 181 g/mol. The number of nitrogens with two attached hydrogens (primary N) is 1. The van der Waals surface area contributed by atoms with Crippen LogP contribution in [0.5, 0.6) is 5.75 Å². The fourth-order valence-corrected chi connectivity index (χ4v) is 1.02. The van der Waals surface area contributed by atoms with E-state index < -0.39 is 0 Å². The van der Waals surface area contributed by atoms with Crippen molar-refractivity contribution in [2.24, 2.45) is 0 Å². The number of aliphatic hydroxyl groups is 1. The van der Waals surface area contributed by atoms with Gasteiger partial charge in [0.1, 0.15) is 5.75 Å². The van der Waals surface area contributed by atoms with Crippen LogP contribution in [0.1, 0.15) is 13.3 Å². The van der Waals surface area contributed by atoms with Crippen molar-refractivity contribution in [2.75, 3.05) is 12.3 Å². The Bertz CT molecular complexity index is 246. The molecule has 72 valence electrons. The molecule has 0 spiro atoms. The van der Waals surface area contributed by atoms with E-state index in [0.29, 0.717) is 6.42 Å². The lowest BCUT2D eigenvalue weighted by molar-refractivity contribution is 0.169. The van der Waals surface area contributed by atoms with E-state index in [2.05, 4.69) is 0 Å². The number of anilines is 1. The third kappa shape index (κ3) is 3.34. The lowest BCUT2D eigenvalue weighted by Crippen LogP contribution is -2.13. The maximum atomic E-state index is 8.66. The summed E-state index contributed by atoms with van der Waals surface area (Å²) in [6.45, 7) is 2.07. The van der Waals surface area contributed by atoms with E-state index in [-0.39, 0.29) is 12.7 Å². The molecule has 0 aliphatic heterocycles. The van der Waals surface area contributed by atoms with Gasteiger partial charge < -0.3 is 15.6 Å². The standard InChI is InChI=1S/C10H15NO2/c1-8(6-7-12)13-10-4-2-9(11)3-5-10/h2-5,8,12H,6-7,11H2,1H3. The van der Waals surface area contributed by atoms with Crippen LogP contribution in [0.25, 0.3) is 0 Å². The van der Waals surface area contributed by atoms with Crippen molar-refractivity contribution in [1.82, 2.24) is 0 Å². The average Bonchev–Trinajstić information content (AvgIpc) is 2.09. The Morgan fingerprint density at radius 1 is 1.38 bits per heavy atom. The van der Waals surface area contributed by atoms with Crippen molar-refractivity contribution >= 4 is 5.69 Å². The molecule has 13 heavy (non-hydrogen) atoms. The molecule has 3 N–H and O–H groups in total. The molecule has 0 saturated heterocycles. The van der Waals surface area contributed by atoms with Crippen LogP contribution in [-0.2, 0) is 0 Å². The van der Waals surface area contributed by atoms with Gasteiger partial charge in [-0.15, -0.1) is 0 Å². The average molecular weight is 181 g/mol. The number of benzene rings is 1. The van der Waals surface area contributed by atoms with Crippen LogP contribution in [0.3, 0.4) is 0 Å². The summed E-state index contributed by atoms with van der Waals surface area (Å²) in [7, 11) is 0. The zero-order valence-electron chi connectivity index (χ0n) is 7.73. The van der Waals surface area contributed by atoms with Gasteiger partial charge in [-0.2, -0.15) is 0 Å². The summed E-state index contributed by atoms with van der Waals surface area (Å²) in [6.07, 6.45) is 0.679. The minimum atomic E-state index is 0.0358. The van der Waals surface area contributed by atoms with E-state index in [1.165, 1.54) is 0 Å². The third-order valence-electron chi connectivity index (χ3n) is 1.75. The molecule has 0 radical (unpaired) electrons. The number of hydrogen-bond donors (Lipinski definition) is 2. The molecule has 0 aliphatic carbocycles. The van der Waals surface area contributed by atoms with E-state index in [9.17, 15) is 0 Å². The van der Waals surface area contributed by atoms with Crippen LogP contribution >= 0.6 is 0 Å². The van der Waals surface area contributed by atoms with Crippen molar-refractivity contribution in [3.05, 3.63) is 24.3 Å². The fourth-order valence-electron chi connectivity index (χ4n) is 1.02. The first-order chi connectivity index (χ1) is 6.22. The van der Waals surface area contributed by atoms with Crippen molar-refractivity contribution in [1.29, 1.82) is 0 Å². The lowest BCUT2D eigenvalue weighted by Gasteiger charge is -2.13. The summed E-state index contributed by atoms with van der Waals surface area (Å²) in [4.78, 5) is 0. The minimum Gasteiger partial charge on any atom is -0.491 e. The Labute approximate surface area is 78.1 Å². The van der Waals surface area contributed by atoms with Crippen molar-refractivity contribution < 1.29 is 9.84 Å². The van der Waals surface area contributed by atoms with Gasteiger partial charge in [-0.05, 0) is 31.2 Å². The maximum absolute atomic E-state index is 8.66. The molecule has 0 aliphatic rings. The fraction of sp³-hybridized carbons (Fsp3) is 0.400. The molecule has 3 nitrogen and oxygen atoms in total. The normalized spacial score (nSPS) is 12.5. The van der Waals surface area contributed by atoms with Gasteiger partial charge in [-0.1, -0.05) is 0 Å². The second kappa shape index (κ2) is 4.72. The summed E-state index contributed by atoms with van der Waals surface area (Å²) in [5.74, 6) is 0.787. The Morgan fingerprint density at radius 2 is 2.00 bits per heavy atom. The zero-order chi connectivity index (χ0) is 9.68. The molecule has 3 heteroatoms. The Hall–Kier alpha value is -1.22. The van der Waals surface area contributed by atoms with Crippen molar-refractivity contribution in [3.63, 3.8) is 0 Å². The Kier molecular flexibility index (Phi) is 3.58. The molecule has 1 aromatic rings. The summed E-state index contributed by atoms with van der Waals surface area (Å²) < 4.78 is 5.49. The van der Waals surface area contributed by atoms with Crippen LogP contribution in [0.15, 0.2) is 24.3 Å². The molecular formula is C10H15NO2. The highest BCUT2D eigenvalue weighted by atomic mass is 16.5. The second-order valence-electron chi connectivity index (χ2n) is 3.01. The smallest absolute Gasteiger partial charge is 0.119 e. The van der Waals surface area contributed by atoms with Crippen LogP contribution < -0.4 is 10.5 Å². The van der Waals surface area contributed by atoms with Crippen LogP contribution in [0.2, 0.25) is 0 Å². The molecule has 0 aromatic heterocycles. The number of ether oxygens (including phenoxy) is 1. The van der Waals surface area contributed by atoms with E-state index in [1.54, 1.807) is 12.1 Å². The van der Waals surface area contributed by atoms with Crippen LogP contribution in [0.4, 0.5) is 5.69 Å². The molecule has 0 amide bonds. The van der Waals surface area contributed by atoms with Gasteiger partial charge in [-0.25, -0.2) is 0 Å². The zero-order valence-corrected chi connectivity index (χ0v) is 7.73. The van der Waals surface area contributed by atoms with Crippen LogP contribution in [0, 0.1) is 0 Å². The van der Waals surface area contributed by atoms with E-state index in [4.69, 9.17) is 15.6 Å². The van der Waals surface area contributed by atoms with Crippen molar-refractivity contribution in [3.8, 4) is 5.75 Å². The van der Waals surface area contributed by atoms with E-state index >= 15 is 0 Å². The van der Waals surface area contributed by atoms with Gasteiger partial charge >= 0.3 is 0 Å². The number of aliphatic hydroxyl groups excluding tert-OH is 1. The topological polar surface area (TPSA) is 55.5 Å². The summed E-state index contributed by atoms with van der Waals surface area (Å²) >= 11 is 0. The highest BCUT2D eigenvalue weighted by Gasteiger charge is 2.01. The first kappa shape index (κ1) is 9.86. The largest absolute Gasteiger partial charge is 0.491 e. The minimum absolute atomic E-state index is 0.0358. The van der Waals surface area contributed by atoms with Gasteiger partial charge in [0.2, 0.25) is 0 Å². The quantitative estimate of drug-likeness (QED) is 0.691. The highest BCUT2D eigenvalue weighted by Crippen LogP contribution is 2.15. The summed E-state index contributed by atoms with van der Waals surface area (Å²) in [6, 6.07) is 7.23. The van der Waals surface area contributed by atoms with Crippen molar-refractivity contribution in [2.45, 2.75) is 19.4 Å². The van der Waals surface area contributed by atoms with Crippen LogP contribution in [-0.4, -0.2) is 17.8 Å². The SMILES string of the molecule is CC(CCO)Oc1ccc(N)cc1. The van der Waals surface area contributed by atoms with Gasteiger partial charge in [0, 0.05) is 18.7 Å². The first-order valence-corrected chi connectivity index (χ1v) is 4.35. The molecule has 1 rings (SSSR count).